The molecule has 1 amide bonds. The van der Waals surface area contributed by atoms with E-state index in [-0.39, 0.29) is 18.5 Å². The molecular formula is C59H113NO5. The van der Waals surface area contributed by atoms with E-state index in [1.165, 1.54) is 225 Å². The van der Waals surface area contributed by atoms with Gasteiger partial charge in [0.2, 0.25) is 5.91 Å². The summed E-state index contributed by atoms with van der Waals surface area (Å²) in [5.74, 6) is -0.0643. The first-order valence-electron chi connectivity index (χ1n) is 29.1. The van der Waals surface area contributed by atoms with Gasteiger partial charge in [-0.25, -0.2) is 0 Å². The third-order valence-corrected chi connectivity index (χ3v) is 13.5. The van der Waals surface area contributed by atoms with Gasteiger partial charge in [0, 0.05) is 12.8 Å². The number of hydrogen-bond acceptors (Lipinski definition) is 5. The summed E-state index contributed by atoms with van der Waals surface area (Å²) < 4.78 is 5.47. The van der Waals surface area contributed by atoms with Gasteiger partial charge in [-0.05, 0) is 57.8 Å². The molecule has 6 heteroatoms. The molecule has 0 aromatic rings. The number of ether oxygens (including phenoxy) is 1. The molecule has 0 aliphatic rings. The van der Waals surface area contributed by atoms with Gasteiger partial charge in [-0.3, -0.25) is 9.59 Å². The fraction of sp³-hybridized carbons (Fsp3) is 0.898. The highest BCUT2D eigenvalue weighted by molar-refractivity contribution is 5.76. The number of allylic oxidation sites excluding steroid dienone is 4. The molecule has 0 saturated carbocycles. The monoisotopic (exact) mass is 916 g/mol. The molecule has 0 aliphatic carbocycles. The molecule has 2 unspecified atom stereocenters. The number of aliphatic hydroxyl groups excluding tert-OH is 2. The minimum atomic E-state index is -0.674. The minimum absolute atomic E-state index is 0.0182. The Morgan fingerprint density at radius 1 is 0.431 bits per heavy atom. The van der Waals surface area contributed by atoms with Gasteiger partial charge in [0.15, 0.2) is 0 Å². The van der Waals surface area contributed by atoms with Crippen LogP contribution in [0.1, 0.15) is 316 Å². The van der Waals surface area contributed by atoms with Gasteiger partial charge < -0.3 is 20.3 Å². The predicted octanol–water partition coefficient (Wildman–Crippen LogP) is 17.9. The summed E-state index contributed by atoms with van der Waals surface area (Å²) in [4.78, 5) is 24.6. The Hall–Kier alpha value is -1.66. The van der Waals surface area contributed by atoms with E-state index in [4.69, 9.17) is 4.74 Å². The molecule has 0 heterocycles. The van der Waals surface area contributed by atoms with Crippen molar-refractivity contribution in [2.24, 2.45) is 0 Å². The number of amides is 1. The van der Waals surface area contributed by atoms with Gasteiger partial charge in [-0.1, -0.05) is 269 Å². The van der Waals surface area contributed by atoms with Crippen LogP contribution in [0.4, 0.5) is 0 Å². The highest BCUT2D eigenvalue weighted by Gasteiger charge is 2.20. The second-order valence-electron chi connectivity index (χ2n) is 20.0. The molecule has 0 spiro atoms. The Morgan fingerprint density at radius 2 is 0.769 bits per heavy atom. The summed E-state index contributed by atoms with van der Waals surface area (Å²) in [5, 5.41) is 23.3. The highest BCUT2D eigenvalue weighted by atomic mass is 16.5. The fourth-order valence-electron chi connectivity index (χ4n) is 9.02. The van der Waals surface area contributed by atoms with Gasteiger partial charge in [-0.2, -0.15) is 0 Å². The van der Waals surface area contributed by atoms with Crippen molar-refractivity contribution in [3.63, 3.8) is 0 Å². The molecule has 0 aromatic heterocycles. The zero-order valence-electron chi connectivity index (χ0n) is 43.7. The average molecular weight is 917 g/mol. The molecule has 0 aliphatic heterocycles. The van der Waals surface area contributed by atoms with Crippen LogP contribution in [-0.2, 0) is 14.3 Å². The van der Waals surface area contributed by atoms with Crippen molar-refractivity contribution >= 4 is 11.9 Å². The molecule has 0 fully saturated rings. The molecule has 2 atom stereocenters. The predicted molar refractivity (Wildman–Crippen MR) is 283 cm³/mol. The van der Waals surface area contributed by atoms with Crippen molar-refractivity contribution < 1.29 is 24.5 Å². The lowest BCUT2D eigenvalue weighted by Gasteiger charge is -2.22. The second-order valence-corrected chi connectivity index (χ2v) is 20.0. The number of carbonyl (C=O) groups excluding carboxylic acids is 2. The Kier molecular flexibility index (Phi) is 53.5. The smallest absolute Gasteiger partial charge is 0.305 e. The zero-order valence-corrected chi connectivity index (χ0v) is 43.7. The molecule has 65 heavy (non-hydrogen) atoms. The Labute approximate surface area is 405 Å². The van der Waals surface area contributed by atoms with Crippen LogP contribution >= 0.6 is 0 Å². The summed E-state index contributed by atoms with van der Waals surface area (Å²) in [6.07, 6.45) is 65.9. The lowest BCUT2D eigenvalue weighted by Crippen LogP contribution is -2.45. The number of nitrogens with one attached hydrogen (secondary N) is 1. The van der Waals surface area contributed by atoms with Crippen LogP contribution in [0.2, 0.25) is 0 Å². The third kappa shape index (κ3) is 51.6. The molecule has 0 radical (unpaired) electrons. The van der Waals surface area contributed by atoms with Crippen LogP contribution in [-0.4, -0.2) is 47.4 Å². The third-order valence-electron chi connectivity index (χ3n) is 13.5. The van der Waals surface area contributed by atoms with Crippen molar-refractivity contribution in [2.75, 3.05) is 13.2 Å². The first kappa shape index (κ1) is 63.3. The van der Waals surface area contributed by atoms with Gasteiger partial charge in [0.1, 0.15) is 0 Å². The Balaban J connectivity index is 3.45. The largest absolute Gasteiger partial charge is 0.466 e. The van der Waals surface area contributed by atoms with Gasteiger partial charge in [0.05, 0.1) is 25.4 Å². The molecule has 384 valence electrons. The maximum atomic E-state index is 12.5. The highest BCUT2D eigenvalue weighted by Crippen LogP contribution is 2.17. The van der Waals surface area contributed by atoms with E-state index in [1.807, 2.05) is 0 Å². The first-order valence-corrected chi connectivity index (χ1v) is 29.1. The van der Waals surface area contributed by atoms with Crippen molar-refractivity contribution in [1.29, 1.82) is 0 Å². The number of unbranched alkanes of at least 4 members (excludes halogenated alkanes) is 39. The number of rotatable bonds is 54. The maximum absolute atomic E-state index is 12.5. The zero-order chi connectivity index (χ0) is 47.2. The number of hydrogen-bond donors (Lipinski definition) is 3. The standard InChI is InChI=1S/C59H113NO5/c1-3-5-7-9-11-13-15-17-19-21-22-23-24-27-31-35-39-43-47-51-57(62)56(55-61)60-58(63)52-48-44-40-36-32-28-26-30-34-38-42-46-50-54-65-59(64)53-49-45-41-37-33-29-25-20-18-16-14-12-10-8-6-4-2/h14,16,20,25,56-57,61-62H,3-13,15,17-19,21-24,26-55H2,1-2H3,(H,60,63)/b16-14-,25-20-. The quantitative estimate of drug-likeness (QED) is 0.0321. The number of carbonyl (C=O) groups is 2. The summed E-state index contributed by atoms with van der Waals surface area (Å²) in [6.45, 7) is 4.92. The van der Waals surface area contributed by atoms with E-state index in [0.717, 1.165) is 57.8 Å². The Morgan fingerprint density at radius 3 is 1.18 bits per heavy atom. The molecule has 6 nitrogen and oxygen atoms in total. The SMILES string of the molecule is CCCCCC/C=C\C/C=C\CCCCCCCC(=O)OCCCCCCCCCCCCCCCC(=O)NC(CO)C(O)CCCCCCCCCCCCCCCCCCCCC. The molecule has 0 bridgehead atoms. The summed E-state index contributed by atoms with van der Waals surface area (Å²) in [7, 11) is 0. The molecule has 3 N–H and O–H groups in total. The summed E-state index contributed by atoms with van der Waals surface area (Å²) in [5.41, 5.74) is 0. The van der Waals surface area contributed by atoms with Crippen LogP contribution in [0.3, 0.4) is 0 Å². The van der Waals surface area contributed by atoms with E-state index in [0.29, 0.717) is 25.9 Å². The fourth-order valence-corrected chi connectivity index (χ4v) is 9.02. The summed E-state index contributed by atoms with van der Waals surface area (Å²) >= 11 is 0. The van der Waals surface area contributed by atoms with Crippen LogP contribution in [0, 0.1) is 0 Å². The lowest BCUT2D eigenvalue weighted by molar-refractivity contribution is -0.143. The second kappa shape index (κ2) is 54.9. The van der Waals surface area contributed by atoms with Crippen LogP contribution in [0.5, 0.6) is 0 Å². The van der Waals surface area contributed by atoms with E-state index in [1.54, 1.807) is 0 Å². The maximum Gasteiger partial charge on any atom is 0.305 e. The minimum Gasteiger partial charge on any atom is -0.466 e. The van der Waals surface area contributed by atoms with Crippen LogP contribution < -0.4 is 5.32 Å². The van der Waals surface area contributed by atoms with Crippen molar-refractivity contribution in [2.45, 2.75) is 328 Å². The van der Waals surface area contributed by atoms with Crippen molar-refractivity contribution in [3.8, 4) is 0 Å². The molecule has 0 aromatic carbocycles. The normalized spacial score (nSPS) is 12.7. The van der Waals surface area contributed by atoms with E-state index < -0.39 is 12.1 Å². The van der Waals surface area contributed by atoms with Crippen molar-refractivity contribution in [3.05, 3.63) is 24.3 Å². The molecule has 0 rings (SSSR count). The van der Waals surface area contributed by atoms with Crippen LogP contribution in [0.25, 0.3) is 0 Å². The van der Waals surface area contributed by atoms with Crippen molar-refractivity contribution in [1.82, 2.24) is 5.32 Å². The molecular weight excluding hydrogens is 803 g/mol. The van der Waals surface area contributed by atoms with E-state index >= 15 is 0 Å². The van der Waals surface area contributed by atoms with E-state index in [2.05, 4.69) is 43.5 Å². The number of esters is 1. The Bertz CT molecular complexity index is 1010. The van der Waals surface area contributed by atoms with Gasteiger partial charge in [0.25, 0.3) is 0 Å². The first-order chi connectivity index (χ1) is 32.0. The van der Waals surface area contributed by atoms with Gasteiger partial charge >= 0.3 is 5.97 Å². The lowest BCUT2D eigenvalue weighted by atomic mass is 10.0. The average Bonchev–Trinajstić information content (AvgIpc) is 3.31. The van der Waals surface area contributed by atoms with Gasteiger partial charge in [-0.15, -0.1) is 0 Å². The van der Waals surface area contributed by atoms with Crippen LogP contribution in [0.15, 0.2) is 24.3 Å². The topological polar surface area (TPSA) is 95.9 Å². The molecule has 0 saturated heterocycles. The number of aliphatic hydroxyl groups is 2. The summed E-state index contributed by atoms with van der Waals surface area (Å²) in [6, 6.07) is -0.552. The van der Waals surface area contributed by atoms with E-state index in [9.17, 15) is 19.8 Å².